The molecule has 0 radical (unpaired) electrons. The van der Waals surface area contributed by atoms with E-state index in [1.165, 1.54) is 38.5 Å². The zero-order valence-electron chi connectivity index (χ0n) is 10.4. The Hall–Kier alpha value is -0.570. The maximum absolute atomic E-state index is 12.5. The Morgan fingerprint density at radius 2 is 1.75 bits per heavy atom. The average Bonchev–Trinajstić information content (AvgIpc) is 2.57. The third kappa shape index (κ3) is 2.57. The number of hydrogen-bond acceptors (Lipinski definition) is 2. The van der Waals surface area contributed by atoms with Crippen LogP contribution in [-0.2, 0) is 4.79 Å². The summed E-state index contributed by atoms with van der Waals surface area (Å²) in [4.78, 5) is 14.6. The molecule has 1 atom stereocenters. The van der Waals surface area contributed by atoms with Gasteiger partial charge >= 0.3 is 0 Å². The molecule has 16 heavy (non-hydrogen) atoms. The first-order valence-electron chi connectivity index (χ1n) is 6.77. The van der Waals surface area contributed by atoms with Crippen LogP contribution in [0.3, 0.4) is 0 Å². The molecule has 0 aromatic heterocycles. The molecule has 0 spiro atoms. The minimum atomic E-state index is -0.275. The van der Waals surface area contributed by atoms with Crippen LogP contribution in [0.5, 0.6) is 0 Å². The summed E-state index contributed by atoms with van der Waals surface area (Å²) in [6, 6.07) is 0. The van der Waals surface area contributed by atoms with Crippen molar-refractivity contribution in [2.75, 3.05) is 19.6 Å². The number of nitrogens with zero attached hydrogens (tertiary/aromatic N) is 1. The van der Waals surface area contributed by atoms with Crippen LogP contribution in [0.2, 0.25) is 0 Å². The van der Waals surface area contributed by atoms with Crippen LogP contribution in [0.4, 0.5) is 0 Å². The zero-order valence-corrected chi connectivity index (χ0v) is 10.4. The van der Waals surface area contributed by atoms with E-state index in [4.69, 9.17) is 0 Å². The lowest BCUT2D eigenvalue weighted by atomic mass is 9.89. The molecule has 3 nitrogen and oxygen atoms in total. The van der Waals surface area contributed by atoms with Crippen LogP contribution in [0, 0.1) is 0 Å². The standard InChI is InChI=1S/C13H24N2O/c1-13(8-4-5-9-14-13)12(16)15-10-6-2-3-7-11-15/h14H,2-11H2,1H3. The fourth-order valence-corrected chi connectivity index (χ4v) is 2.86. The molecular weight excluding hydrogens is 200 g/mol. The lowest BCUT2D eigenvalue weighted by molar-refractivity contribution is -0.138. The summed E-state index contributed by atoms with van der Waals surface area (Å²) in [7, 11) is 0. The van der Waals surface area contributed by atoms with Gasteiger partial charge in [-0.1, -0.05) is 12.8 Å². The van der Waals surface area contributed by atoms with Crippen molar-refractivity contribution >= 4 is 5.91 Å². The maximum atomic E-state index is 12.5. The van der Waals surface area contributed by atoms with E-state index in [-0.39, 0.29) is 5.54 Å². The number of carbonyl (C=O) groups excluding carboxylic acids is 1. The first-order valence-corrected chi connectivity index (χ1v) is 6.77. The summed E-state index contributed by atoms with van der Waals surface area (Å²) >= 11 is 0. The predicted octanol–water partition coefficient (Wildman–Crippen LogP) is 1.92. The smallest absolute Gasteiger partial charge is 0.242 e. The summed E-state index contributed by atoms with van der Waals surface area (Å²) in [5.41, 5.74) is -0.275. The van der Waals surface area contributed by atoms with Crippen LogP contribution in [0.1, 0.15) is 51.9 Å². The van der Waals surface area contributed by atoms with E-state index in [0.29, 0.717) is 5.91 Å². The minimum absolute atomic E-state index is 0.275. The Kier molecular flexibility index (Phi) is 3.85. The highest BCUT2D eigenvalue weighted by Gasteiger charge is 2.37. The molecule has 0 aromatic carbocycles. The van der Waals surface area contributed by atoms with Crippen molar-refractivity contribution in [3.63, 3.8) is 0 Å². The lowest BCUT2D eigenvalue weighted by Gasteiger charge is -2.37. The monoisotopic (exact) mass is 224 g/mol. The molecule has 0 saturated carbocycles. The Bertz CT molecular complexity index is 238. The van der Waals surface area contributed by atoms with Gasteiger partial charge in [-0.05, 0) is 45.6 Å². The molecule has 0 aromatic rings. The number of piperidine rings is 1. The molecule has 2 aliphatic rings. The normalized spacial score (nSPS) is 32.2. The van der Waals surface area contributed by atoms with Gasteiger partial charge in [-0.3, -0.25) is 4.79 Å². The fourth-order valence-electron chi connectivity index (χ4n) is 2.86. The Morgan fingerprint density at radius 3 is 2.31 bits per heavy atom. The van der Waals surface area contributed by atoms with E-state index < -0.39 is 0 Å². The number of rotatable bonds is 1. The predicted molar refractivity (Wildman–Crippen MR) is 65.3 cm³/mol. The van der Waals surface area contributed by atoms with Gasteiger partial charge in [-0.2, -0.15) is 0 Å². The van der Waals surface area contributed by atoms with E-state index in [1.54, 1.807) is 0 Å². The molecule has 3 heteroatoms. The van der Waals surface area contributed by atoms with Gasteiger partial charge in [-0.25, -0.2) is 0 Å². The van der Waals surface area contributed by atoms with E-state index in [2.05, 4.69) is 17.1 Å². The summed E-state index contributed by atoms with van der Waals surface area (Å²) in [6.45, 7) is 5.02. The van der Waals surface area contributed by atoms with Gasteiger partial charge in [0.15, 0.2) is 0 Å². The van der Waals surface area contributed by atoms with Crippen molar-refractivity contribution in [2.24, 2.45) is 0 Å². The Morgan fingerprint density at radius 1 is 1.06 bits per heavy atom. The lowest BCUT2D eigenvalue weighted by Crippen LogP contribution is -2.58. The van der Waals surface area contributed by atoms with Crippen molar-refractivity contribution in [3.05, 3.63) is 0 Å². The van der Waals surface area contributed by atoms with Crippen LogP contribution < -0.4 is 5.32 Å². The molecule has 0 bridgehead atoms. The summed E-state index contributed by atoms with van der Waals surface area (Å²) in [6.07, 6.45) is 8.33. The molecule has 2 aliphatic heterocycles. The molecule has 2 fully saturated rings. The van der Waals surface area contributed by atoms with Gasteiger partial charge < -0.3 is 10.2 Å². The van der Waals surface area contributed by atoms with Gasteiger partial charge in [0.1, 0.15) is 0 Å². The van der Waals surface area contributed by atoms with Crippen LogP contribution >= 0.6 is 0 Å². The molecule has 1 unspecified atom stereocenters. The molecule has 1 N–H and O–H groups in total. The van der Waals surface area contributed by atoms with Crippen LogP contribution in [0.15, 0.2) is 0 Å². The SMILES string of the molecule is CC1(C(=O)N2CCCCCC2)CCCCN1. The van der Waals surface area contributed by atoms with Crippen LogP contribution in [-0.4, -0.2) is 36.0 Å². The highest BCUT2D eigenvalue weighted by molar-refractivity contribution is 5.86. The summed E-state index contributed by atoms with van der Waals surface area (Å²) < 4.78 is 0. The van der Waals surface area contributed by atoms with Crippen molar-refractivity contribution in [2.45, 2.75) is 57.4 Å². The van der Waals surface area contributed by atoms with Crippen molar-refractivity contribution in [1.29, 1.82) is 0 Å². The van der Waals surface area contributed by atoms with Gasteiger partial charge in [0.25, 0.3) is 0 Å². The highest BCUT2D eigenvalue weighted by atomic mass is 16.2. The Labute approximate surface area is 98.6 Å². The number of carbonyl (C=O) groups is 1. The van der Waals surface area contributed by atoms with Gasteiger partial charge in [0.05, 0.1) is 5.54 Å². The van der Waals surface area contributed by atoms with Gasteiger partial charge in [0.2, 0.25) is 5.91 Å². The molecule has 2 rings (SSSR count). The van der Waals surface area contributed by atoms with Crippen LogP contribution in [0.25, 0.3) is 0 Å². The third-order valence-corrected chi connectivity index (χ3v) is 3.98. The molecule has 2 saturated heterocycles. The molecule has 1 amide bonds. The molecular formula is C13H24N2O. The molecule has 2 heterocycles. The van der Waals surface area contributed by atoms with E-state index in [1.807, 2.05) is 0 Å². The van der Waals surface area contributed by atoms with E-state index in [9.17, 15) is 4.79 Å². The quantitative estimate of drug-likeness (QED) is 0.738. The van der Waals surface area contributed by atoms with E-state index in [0.717, 1.165) is 26.1 Å². The fraction of sp³-hybridized carbons (Fsp3) is 0.923. The number of hydrogen-bond donors (Lipinski definition) is 1. The summed E-state index contributed by atoms with van der Waals surface area (Å²) in [5, 5.41) is 3.42. The van der Waals surface area contributed by atoms with Gasteiger partial charge in [0, 0.05) is 13.1 Å². The zero-order chi connectivity index (χ0) is 11.4. The average molecular weight is 224 g/mol. The van der Waals surface area contributed by atoms with Crippen molar-refractivity contribution < 1.29 is 4.79 Å². The largest absolute Gasteiger partial charge is 0.341 e. The second-order valence-electron chi connectivity index (χ2n) is 5.42. The third-order valence-electron chi connectivity index (χ3n) is 3.98. The second-order valence-corrected chi connectivity index (χ2v) is 5.42. The van der Waals surface area contributed by atoms with Gasteiger partial charge in [-0.15, -0.1) is 0 Å². The number of likely N-dealkylation sites (tertiary alicyclic amines) is 1. The minimum Gasteiger partial charge on any atom is -0.341 e. The van der Waals surface area contributed by atoms with Crippen molar-refractivity contribution in [1.82, 2.24) is 10.2 Å². The maximum Gasteiger partial charge on any atom is 0.242 e. The van der Waals surface area contributed by atoms with E-state index >= 15 is 0 Å². The number of nitrogens with one attached hydrogen (secondary N) is 1. The Balaban J connectivity index is 1.98. The first-order chi connectivity index (χ1) is 7.72. The first kappa shape index (κ1) is 11.9. The molecule has 0 aliphatic carbocycles. The number of amides is 1. The summed E-state index contributed by atoms with van der Waals surface area (Å²) in [5.74, 6) is 0.342. The van der Waals surface area contributed by atoms with Crippen molar-refractivity contribution in [3.8, 4) is 0 Å². The highest BCUT2D eigenvalue weighted by Crippen LogP contribution is 2.23. The molecule has 92 valence electrons. The second kappa shape index (κ2) is 5.17. The topological polar surface area (TPSA) is 32.3 Å².